The molecular formula is C24H22N2O2. The van der Waals surface area contributed by atoms with E-state index in [1.807, 2.05) is 30.3 Å². The fraction of sp³-hybridized carbons (Fsp3) is 0.167. The smallest absolute Gasteiger partial charge is 0.338 e. The number of para-hydroxylation sites is 1. The Morgan fingerprint density at radius 3 is 2.39 bits per heavy atom. The number of benzene rings is 3. The SMILES string of the molecule is CCOC(=O)c1ccc(-c2nn(CCc3ccccc3)c3ccccc23)cc1. The first-order valence-electron chi connectivity index (χ1n) is 9.53. The van der Waals surface area contributed by atoms with Gasteiger partial charge in [-0.2, -0.15) is 5.10 Å². The van der Waals surface area contributed by atoms with Crippen LogP contribution in [0.25, 0.3) is 22.2 Å². The zero-order chi connectivity index (χ0) is 19.3. The molecule has 0 spiro atoms. The molecule has 4 rings (SSSR count). The Labute approximate surface area is 164 Å². The summed E-state index contributed by atoms with van der Waals surface area (Å²) in [7, 11) is 0. The van der Waals surface area contributed by atoms with Crippen LogP contribution in [0.5, 0.6) is 0 Å². The summed E-state index contributed by atoms with van der Waals surface area (Å²) in [6.07, 6.45) is 0.924. The Morgan fingerprint density at radius 1 is 0.929 bits per heavy atom. The highest BCUT2D eigenvalue weighted by Crippen LogP contribution is 2.28. The van der Waals surface area contributed by atoms with Crippen LogP contribution in [0.4, 0.5) is 0 Å². The van der Waals surface area contributed by atoms with Gasteiger partial charge in [-0.3, -0.25) is 4.68 Å². The Balaban J connectivity index is 1.65. The zero-order valence-electron chi connectivity index (χ0n) is 15.8. The molecule has 0 aliphatic rings. The van der Waals surface area contributed by atoms with Crippen molar-refractivity contribution in [1.29, 1.82) is 0 Å². The lowest BCUT2D eigenvalue weighted by atomic mass is 10.1. The minimum absolute atomic E-state index is 0.299. The number of hydrogen-bond acceptors (Lipinski definition) is 3. The lowest BCUT2D eigenvalue weighted by Crippen LogP contribution is -2.04. The summed E-state index contributed by atoms with van der Waals surface area (Å²) >= 11 is 0. The average Bonchev–Trinajstić information content (AvgIpc) is 3.12. The maximum Gasteiger partial charge on any atom is 0.338 e. The molecule has 0 bridgehead atoms. The van der Waals surface area contributed by atoms with Crippen LogP contribution in [0, 0.1) is 0 Å². The summed E-state index contributed by atoms with van der Waals surface area (Å²) in [4.78, 5) is 11.9. The summed E-state index contributed by atoms with van der Waals surface area (Å²) in [6.45, 7) is 2.99. The molecule has 4 heteroatoms. The van der Waals surface area contributed by atoms with E-state index < -0.39 is 0 Å². The van der Waals surface area contributed by atoms with Crippen molar-refractivity contribution in [3.8, 4) is 11.3 Å². The molecule has 3 aromatic carbocycles. The zero-order valence-corrected chi connectivity index (χ0v) is 15.8. The molecule has 4 nitrogen and oxygen atoms in total. The third kappa shape index (κ3) is 3.67. The van der Waals surface area contributed by atoms with E-state index in [0.29, 0.717) is 12.2 Å². The minimum atomic E-state index is -0.299. The van der Waals surface area contributed by atoms with Crippen molar-refractivity contribution in [3.63, 3.8) is 0 Å². The van der Waals surface area contributed by atoms with Crippen molar-refractivity contribution >= 4 is 16.9 Å². The van der Waals surface area contributed by atoms with Crippen molar-refractivity contribution in [1.82, 2.24) is 9.78 Å². The van der Waals surface area contributed by atoms with E-state index in [9.17, 15) is 4.79 Å². The molecule has 1 heterocycles. The summed E-state index contributed by atoms with van der Waals surface area (Å²) < 4.78 is 7.13. The van der Waals surface area contributed by atoms with Crippen LogP contribution < -0.4 is 0 Å². The Kier molecular flexibility index (Phi) is 5.20. The number of aryl methyl sites for hydroxylation is 2. The molecule has 1 aromatic heterocycles. The van der Waals surface area contributed by atoms with Gasteiger partial charge in [0.2, 0.25) is 0 Å². The predicted octanol–water partition coefficient (Wildman–Crippen LogP) is 5.12. The van der Waals surface area contributed by atoms with E-state index in [-0.39, 0.29) is 5.97 Å². The number of nitrogens with zero attached hydrogens (tertiary/aromatic N) is 2. The third-order valence-corrected chi connectivity index (χ3v) is 4.78. The second kappa shape index (κ2) is 8.09. The van der Waals surface area contributed by atoms with Gasteiger partial charge in [-0.1, -0.05) is 60.7 Å². The van der Waals surface area contributed by atoms with E-state index in [4.69, 9.17) is 9.84 Å². The maximum atomic E-state index is 11.9. The third-order valence-electron chi connectivity index (χ3n) is 4.78. The van der Waals surface area contributed by atoms with Crippen LogP contribution in [0.3, 0.4) is 0 Å². The van der Waals surface area contributed by atoms with Gasteiger partial charge in [0.1, 0.15) is 5.69 Å². The summed E-state index contributed by atoms with van der Waals surface area (Å²) in [5, 5.41) is 6.00. The number of carbonyl (C=O) groups excluding carboxylic acids is 1. The first kappa shape index (κ1) is 18.0. The molecule has 0 radical (unpaired) electrons. The van der Waals surface area contributed by atoms with E-state index in [1.54, 1.807) is 19.1 Å². The van der Waals surface area contributed by atoms with Crippen molar-refractivity contribution < 1.29 is 9.53 Å². The summed E-state index contributed by atoms with van der Waals surface area (Å²) in [5.74, 6) is -0.299. The van der Waals surface area contributed by atoms with Gasteiger partial charge >= 0.3 is 5.97 Å². The van der Waals surface area contributed by atoms with Crippen molar-refractivity contribution in [2.45, 2.75) is 19.9 Å². The number of aromatic nitrogens is 2. The van der Waals surface area contributed by atoms with Crippen LogP contribution in [0.1, 0.15) is 22.8 Å². The van der Waals surface area contributed by atoms with E-state index in [1.165, 1.54) is 5.56 Å². The van der Waals surface area contributed by atoms with Gasteiger partial charge in [0.05, 0.1) is 17.7 Å². The molecule has 4 aromatic rings. The molecule has 0 saturated carbocycles. The maximum absolute atomic E-state index is 11.9. The lowest BCUT2D eigenvalue weighted by molar-refractivity contribution is 0.0526. The molecule has 28 heavy (non-hydrogen) atoms. The highest BCUT2D eigenvalue weighted by atomic mass is 16.5. The fourth-order valence-corrected chi connectivity index (χ4v) is 3.37. The van der Waals surface area contributed by atoms with Gasteiger partial charge in [-0.05, 0) is 37.1 Å². The highest BCUT2D eigenvalue weighted by molar-refractivity contribution is 5.94. The van der Waals surface area contributed by atoms with Gasteiger partial charge in [-0.15, -0.1) is 0 Å². The van der Waals surface area contributed by atoms with Gasteiger partial charge in [0.15, 0.2) is 0 Å². The van der Waals surface area contributed by atoms with Crippen molar-refractivity contribution in [3.05, 3.63) is 90.0 Å². The molecule has 0 N–H and O–H groups in total. The summed E-state index contributed by atoms with van der Waals surface area (Å²) in [6, 6.07) is 26.2. The Bertz CT molecular complexity index is 1080. The largest absolute Gasteiger partial charge is 0.462 e. The topological polar surface area (TPSA) is 44.1 Å². The Hall–Kier alpha value is -3.40. The molecule has 0 saturated heterocycles. The molecule has 0 aliphatic carbocycles. The van der Waals surface area contributed by atoms with E-state index in [0.717, 1.165) is 35.1 Å². The molecule has 0 fully saturated rings. The lowest BCUT2D eigenvalue weighted by Gasteiger charge is -2.04. The molecule has 140 valence electrons. The number of hydrogen-bond donors (Lipinski definition) is 0. The predicted molar refractivity (Wildman–Crippen MR) is 111 cm³/mol. The van der Waals surface area contributed by atoms with E-state index >= 15 is 0 Å². The molecule has 0 atom stereocenters. The number of esters is 1. The quantitative estimate of drug-likeness (QED) is 0.442. The number of ether oxygens (including phenoxy) is 1. The van der Waals surface area contributed by atoms with Crippen molar-refractivity contribution in [2.75, 3.05) is 6.61 Å². The molecule has 0 unspecified atom stereocenters. The van der Waals surface area contributed by atoms with Crippen molar-refractivity contribution in [2.24, 2.45) is 0 Å². The fourth-order valence-electron chi connectivity index (χ4n) is 3.37. The van der Waals surface area contributed by atoms with E-state index in [2.05, 4.69) is 41.1 Å². The average molecular weight is 370 g/mol. The van der Waals surface area contributed by atoms with Gasteiger partial charge in [0, 0.05) is 17.5 Å². The first-order chi connectivity index (χ1) is 13.8. The van der Waals surface area contributed by atoms with Crippen LogP contribution in [0.15, 0.2) is 78.9 Å². The number of fused-ring (bicyclic) bond motifs is 1. The van der Waals surface area contributed by atoms with Crippen LogP contribution in [-0.4, -0.2) is 22.4 Å². The van der Waals surface area contributed by atoms with Crippen LogP contribution in [-0.2, 0) is 17.7 Å². The second-order valence-electron chi connectivity index (χ2n) is 6.62. The van der Waals surface area contributed by atoms with Crippen LogP contribution in [0.2, 0.25) is 0 Å². The molecular weight excluding hydrogens is 348 g/mol. The molecule has 0 aliphatic heterocycles. The monoisotopic (exact) mass is 370 g/mol. The standard InChI is InChI=1S/C24H22N2O2/c1-2-28-24(27)20-14-12-19(13-15-20)23-21-10-6-7-11-22(21)26(25-23)17-16-18-8-4-3-5-9-18/h3-15H,2,16-17H2,1H3. The van der Waals surface area contributed by atoms with Gasteiger partial charge in [0.25, 0.3) is 0 Å². The summed E-state index contributed by atoms with van der Waals surface area (Å²) in [5.41, 5.74) is 4.88. The first-order valence-corrected chi connectivity index (χ1v) is 9.53. The van der Waals surface area contributed by atoms with Gasteiger partial charge < -0.3 is 4.74 Å². The Morgan fingerprint density at radius 2 is 1.64 bits per heavy atom. The minimum Gasteiger partial charge on any atom is -0.462 e. The number of carbonyl (C=O) groups is 1. The molecule has 0 amide bonds. The van der Waals surface area contributed by atoms with Gasteiger partial charge in [-0.25, -0.2) is 4.79 Å². The normalized spacial score (nSPS) is 10.9. The number of rotatable bonds is 6. The van der Waals surface area contributed by atoms with Crippen LogP contribution >= 0.6 is 0 Å². The highest BCUT2D eigenvalue weighted by Gasteiger charge is 2.13. The second-order valence-corrected chi connectivity index (χ2v) is 6.62.